The zero-order chi connectivity index (χ0) is 14.6. The van der Waals surface area contributed by atoms with Crippen LogP contribution >= 0.6 is 0 Å². The molecule has 3 heteroatoms. The summed E-state index contributed by atoms with van der Waals surface area (Å²) in [6, 6.07) is 6.63. The van der Waals surface area contributed by atoms with Crippen LogP contribution in [0.2, 0.25) is 0 Å². The van der Waals surface area contributed by atoms with Crippen molar-refractivity contribution in [1.82, 2.24) is 5.32 Å². The maximum atomic E-state index is 6.18. The Hall–Kier alpha value is -1.06. The third-order valence-electron chi connectivity index (χ3n) is 4.50. The Bertz CT molecular complexity index is 441. The van der Waals surface area contributed by atoms with Gasteiger partial charge in [0.1, 0.15) is 5.75 Å². The number of rotatable bonds is 7. The van der Waals surface area contributed by atoms with Gasteiger partial charge in [0, 0.05) is 18.6 Å². The Kier molecular flexibility index (Phi) is 5.06. The van der Waals surface area contributed by atoms with Crippen molar-refractivity contribution in [2.45, 2.75) is 51.7 Å². The molecule has 0 saturated carbocycles. The van der Waals surface area contributed by atoms with Crippen molar-refractivity contribution < 1.29 is 9.47 Å². The van der Waals surface area contributed by atoms with E-state index in [-0.39, 0.29) is 11.6 Å². The van der Waals surface area contributed by atoms with E-state index in [1.807, 2.05) is 7.05 Å². The second kappa shape index (κ2) is 6.59. The third-order valence-corrected chi connectivity index (χ3v) is 4.50. The predicted molar refractivity (Wildman–Crippen MR) is 82.4 cm³/mol. The van der Waals surface area contributed by atoms with E-state index in [0.29, 0.717) is 0 Å². The molecule has 1 unspecified atom stereocenters. The summed E-state index contributed by atoms with van der Waals surface area (Å²) < 4.78 is 12.1. The van der Waals surface area contributed by atoms with Crippen molar-refractivity contribution in [3.05, 3.63) is 29.3 Å². The molecule has 0 spiro atoms. The van der Waals surface area contributed by atoms with Crippen LogP contribution in [0.15, 0.2) is 18.2 Å². The van der Waals surface area contributed by atoms with Crippen molar-refractivity contribution in [3.8, 4) is 5.75 Å². The second-order valence-electron chi connectivity index (χ2n) is 5.36. The van der Waals surface area contributed by atoms with E-state index >= 15 is 0 Å². The summed E-state index contributed by atoms with van der Waals surface area (Å²) in [5.41, 5.74) is 2.38. The number of benzene rings is 1. The zero-order valence-electron chi connectivity index (χ0n) is 13.2. The molecule has 2 rings (SSSR count). The first-order chi connectivity index (χ1) is 9.72. The topological polar surface area (TPSA) is 30.5 Å². The fourth-order valence-electron chi connectivity index (χ4n) is 3.40. The number of para-hydroxylation sites is 1. The first-order valence-corrected chi connectivity index (χ1v) is 7.78. The van der Waals surface area contributed by atoms with Crippen LogP contribution in [0.5, 0.6) is 5.75 Å². The van der Waals surface area contributed by atoms with E-state index in [4.69, 9.17) is 9.47 Å². The highest BCUT2D eigenvalue weighted by Gasteiger charge is 2.39. The highest BCUT2D eigenvalue weighted by Crippen LogP contribution is 2.41. The number of ether oxygens (including phenoxy) is 2. The lowest BCUT2D eigenvalue weighted by Gasteiger charge is -2.40. The van der Waals surface area contributed by atoms with E-state index in [9.17, 15) is 0 Å². The molecule has 1 aromatic rings. The molecule has 1 aliphatic heterocycles. The number of fused-ring (bicyclic) bond motifs is 1. The van der Waals surface area contributed by atoms with Gasteiger partial charge in [-0.2, -0.15) is 0 Å². The lowest BCUT2D eigenvalue weighted by Crippen LogP contribution is -2.44. The van der Waals surface area contributed by atoms with Gasteiger partial charge in [0.15, 0.2) is 0 Å². The minimum Gasteiger partial charge on any atom is -0.493 e. The van der Waals surface area contributed by atoms with Crippen molar-refractivity contribution in [1.29, 1.82) is 0 Å². The summed E-state index contributed by atoms with van der Waals surface area (Å²) in [7, 11) is 2.01. The van der Waals surface area contributed by atoms with Gasteiger partial charge in [-0.05, 0) is 32.4 Å². The molecule has 1 N–H and O–H groups in total. The molecular formula is C17H27NO2. The van der Waals surface area contributed by atoms with Gasteiger partial charge < -0.3 is 14.8 Å². The summed E-state index contributed by atoms with van der Waals surface area (Å²) in [5, 5.41) is 3.47. The number of nitrogens with one attached hydrogen (secondary N) is 1. The quantitative estimate of drug-likeness (QED) is 0.827. The third kappa shape index (κ3) is 2.57. The lowest BCUT2D eigenvalue weighted by molar-refractivity contribution is -0.0721. The molecule has 0 bridgehead atoms. The van der Waals surface area contributed by atoms with Crippen molar-refractivity contribution in [3.63, 3.8) is 0 Å². The zero-order valence-corrected chi connectivity index (χ0v) is 13.2. The van der Waals surface area contributed by atoms with Gasteiger partial charge in [0.05, 0.1) is 18.2 Å². The molecule has 1 aliphatic rings. The summed E-state index contributed by atoms with van der Waals surface area (Å²) in [6.45, 7) is 8.00. The maximum Gasteiger partial charge on any atom is 0.127 e. The van der Waals surface area contributed by atoms with E-state index in [2.05, 4.69) is 44.3 Å². The molecule has 1 aromatic carbocycles. The molecule has 1 heterocycles. The predicted octanol–water partition coefficient (Wildman–Crippen LogP) is 3.48. The maximum absolute atomic E-state index is 6.18. The van der Waals surface area contributed by atoms with E-state index in [1.54, 1.807) is 0 Å². The molecular weight excluding hydrogens is 250 g/mol. The second-order valence-corrected chi connectivity index (χ2v) is 5.36. The molecule has 0 fully saturated rings. The molecule has 20 heavy (non-hydrogen) atoms. The molecule has 0 radical (unpaired) electrons. The van der Waals surface area contributed by atoms with Crippen LogP contribution in [0, 0.1) is 0 Å². The van der Waals surface area contributed by atoms with Crippen LogP contribution in [-0.4, -0.2) is 25.9 Å². The minimum absolute atomic E-state index is 0.158. The standard InChI is InChI=1S/C17H27NO2/c1-5-17(6-2,20-7-3)16(18-4)14-10-8-9-13-11-12-19-15(13)14/h8-10,16,18H,5-7,11-12H2,1-4H3. The van der Waals surface area contributed by atoms with Gasteiger partial charge in [-0.1, -0.05) is 32.0 Å². The average molecular weight is 277 g/mol. The summed E-state index contributed by atoms with van der Waals surface area (Å²) in [6.07, 6.45) is 2.97. The van der Waals surface area contributed by atoms with Gasteiger partial charge in [-0.3, -0.25) is 0 Å². The van der Waals surface area contributed by atoms with Crippen LogP contribution in [0.4, 0.5) is 0 Å². The average Bonchev–Trinajstić information content (AvgIpc) is 2.96. The highest BCUT2D eigenvalue weighted by molar-refractivity contribution is 5.46. The Morgan fingerprint density at radius 3 is 2.65 bits per heavy atom. The minimum atomic E-state index is -0.176. The fourth-order valence-corrected chi connectivity index (χ4v) is 3.40. The molecule has 0 saturated heterocycles. The fraction of sp³-hybridized carbons (Fsp3) is 0.647. The first-order valence-electron chi connectivity index (χ1n) is 7.78. The van der Waals surface area contributed by atoms with E-state index in [0.717, 1.165) is 38.2 Å². The monoisotopic (exact) mass is 277 g/mol. The summed E-state index contributed by atoms with van der Waals surface area (Å²) in [4.78, 5) is 0. The van der Waals surface area contributed by atoms with Crippen LogP contribution in [0.25, 0.3) is 0 Å². The molecule has 1 atom stereocenters. The van der Waals surface area contributed by atoms with Gasteiger partial charge in [-0.25, -0.2) is 0 Å². The number of hydrogen-bond donors (Lipinski definition) is 1. The van der Waals surface area contributed by atoms with Gasteiger partial charge >= 0.3 is 0 Å². The SMILES string of the molecule is CCOC(CC)(CC)C(NC)c1cccc2c1OCC2. The molecule has 112 valence electrons. The Labute approximate surface area is 122 Å². The smallest absolute Gasteiger partial charge is 0.127 e. The molecule has 3 nitrogen and oxygen atoms in total. The summed E-state index contributed by atoms with van der Waals surface area (Å²) >= 11 is 0. The van der Waals surface area contributed by atoms with E-state index in [1.165, 1.54) is 11.1 Å². The normalized spacial score (nSPS) is 15.8. The molecule has 0 aromatic heterocycles. The molecule has 0 aliphatic carbocycles. The van der Waals surface area contributed by atoms with Crippen molar-refractivity contribution in [2.75, 3.05) is 20.3 Å². The number of likely N-dealkylation sites (N-methyl/N-ethyl adjacent to an activating group) is 1. The van der Waals surface area contributed by atoms with Crippen molar-refractivity contribution >= 4 is 0 Å². The molecule has 0 amide bonds. The summed E-state index contributed by atoms with van der Waals surface area (Å²) in [5.74, 6) is 1.07. The lowest BCUT2D eigenvalue weighted by atomic mass is 9.83. The Morgan fingerprint density at radius 1 is 1.30 bits per heavy atom. The van der Waals surface area contributed by atoms with Crippen LogP contribution < -0.4 is 10.1 Å². The van der Waals surface area contributed by atoms with Crippen molar-refractivity contribution in [2.24, 2.45) is 0 Å². The van der Waals surface area contributed by atoms with E-state index < -0.39 is 0 Å². The van der Waals surface area contributed by atoms with Crippen LogP contribution in [-0.2, 0) is 11.2 Å². The van der Waals surface area contributed by atoms with Crippen LogP contribution in [0.1, 0.15) is 50.8 Å². The largest absolute Gasteiger partial charge is 0.493 e. The van der Waals surface area contributed by atoms with Gasteiger partial charge in [0.2, 0.25) is 0 Å². The Balaban J connectivity index is 2.43. The number of hydrogen-bond acceptors (Lipinski definition) is 3. The van der Waals surface area contributed by atoms with Gasteiger partial charge in [-0.15, -0.1) is 0 Å². The van der Waals surface area contributed by atoms with Gasteiger partial charge in [0.25, 0.3) is 0 Å². The first kappa shape index (κ1) is 15.3. The Morgan fingerprint density at radius 2 is 2.05 bits per heavy atom. The highest BCUT2D eigenvalue weighted by atomic mass is 16.5. The van der Waals surface area contributed by atoms with Crippen LogP contribution in [0.3, 0.4) is 0 Å².